The van der Waals surface area contributed by atoms with Crippen LogP contribution in [-0.2, 0) is 0 Å². The summed E-state index contributed by atoms with van der Waals surface area (Å²) < 4.78 is 12.5. The average Bonchev–Trinajstić information content (AvgIpc) is 2.05. The molecule has 0 aromatic heterocycles. The quantitative estimate of drug-likeness (QED) is 0.522. The molecule has 0 aliphatic carbocycles. The fourth-order valence-corrected chi connectivity index (χ4v) is 0.697. The molecule has 0 aliphatic heterocycles. The third-order valence-electron chi connectivity index (χ3n) is 1.21. The average molecular weight is 133 g/mol. The van der Waals surface area contributed by atoms with Crippen molar-refractivity contribution in [2.24, 2.45) is 0 Å². The molecule has 1 aromatic rings. The largest absolute Gasteiger partial charge is 0.492 e. The lowest BCUT2D eigenvalue weighted by Gasteiger charge is -1.91. The molecule has 1 rings (SSSR count). The fraction of sp³-hybridized carbons (Fsp3) is 0. The predicted molar refractivity (Wildman–Crippen MR) is 38.6 cm³/mol. The van der Waals surface area contributed by atoms with Gasteiger partial charge in [0.2, 0.25) is 0 Å². The first-order valence-electron chi connectivity index (χ1n) is 2.93. The second-order valence-corrected chi connectivity index (χ2v) is 1.90. The van der Waals surface area contributed by atoms with E-state index < -0.39 is 6.99 Å². The van der Waals surface area contributed by atoms with Gasteiger partial charge in [0.05, 0.1) is 5.97 Å². The van der Waals surface area contributed by atoms with Crippen molar-refractivity contribution in [2.75, 3.05) is 0 Å². The van der Waals surface area contributed by atoms with E-state index in [-0.39, 0.29) is 0 Å². The standard InChI is InChI=1S/C7H5BFN/c9-8(6-10)7-4-2-1-3-5-7/h1-5H. The minimum atomic E-state index is -1.48. The Hall–Kier alpha value is -1.30. The van der Waals surface area contributed by atoms with Gasteiger partial charge < -0.3 is 4.32 Å². The lowest BCUT2D eigenvalue weighted by Crippen LogP contribution is -2.22. The molecule has 0 saturated carbocycles. The zero-order chi connectivity index (χ0) is 7.40. The number of hydrogen-bond acceptors (Lipinski definition) is 1. The van der Waals surface area contributed by atoms with Crippen LogP contribution in [0.15, 0.2) is 30.3 Å². The van der Waals surface area contributed by atoms with Gasteiger partial charge in [0.15, 0.2) is 0 Å². The Kier molecular flexibility index (Phi) is 2.06. The van der Waals surface area contributed by atoms with Crippen molar-refractivity contribution < 1.29 is 4.32 Å². The summed E-state index contributed by atoms with van der Waals surface area (Å²) in [6.45, 7) is -1.48. The lowest BCUT2D eigenvalue weighted by molar-refractivity contribution is 0.865. The molecule has 0 atom stereocenters. The molecule has 0 amide bonds. The van der Waals surface area contributed by atoms with Crippen LogP contribution in [-0.4, -0.2) is 6.99 Å². The van der Waals surface area contributed by atoms with Crippen molar-refractivity contribution in [3.05, 3.63) is 30.3 Å². The molecule has 0 aliphatic rings. The minimum Gasteiger partial charge on any atom is -0.307 e. The van der Waals surface area contributed by atoms with E-state index in [2.05, 4.69) is 0 Å². The number of benzene rings is 1. The summed E-state index contributed by atoms with van der Waals surface area (Å²) in [6, 6.07) is 8.38. The zero-order valence-corrected chi connectivity index (χ0v) is 5.29. The molecule has 0 N–H and O–H groups in total. The van der Waals surface area contributed by atoms with Crippen molar-refractivity contribution in [2.45, 2.75) is 0 Å². The second kappa shape index (κ2) is 3.02. The second-order valence-electron chi connectivity index (χ2n) is 1.90. The third-order valence-corrected chi connectivity index (χ3v) is 1.21. The molecule has 0 saturated heterocycles. The van der Waals surface area contributed by atoms with E-state index in [4.69, 9.17) is 5.26 Å². The summed E-state index contributed by atoms with van der Waals surface area (Å²) in [7, 11) is 0. The van der Waals surface area contributed by atoms with Crippen molar-refractivity contribution >= 4 is 12.5 Å². The maximum Gasteiger partial charge on any atom is 0.492 e. The van der Waals surface area contributed by atoms with Crippen LogP contribution in [0.4, 0.5) is 4.32 Å². The summed E-state index contributed by atoms with van der Waals surface area (Å²) in [5, 5.41) is 8.16. The van der Waals surface area contributed by atoms with Crippen LogP contribution in [0, 0.1) is 11.2 Å². The molecule has 0 heterocycles. The normalized spacial score (nSPS) is 8.40. The monoisotopic (exact) mass is 133 g/mol. The van der Waals surface area contributed by atoms with E-state index in [1.165, 1.54) is 5.97 Å². The van der Waals surface area contributed by atoms with Gasteiger partial charge in [0, 0.05) is 0 Å². The van der Waals surface area contributed by atoms with E-state index in [0.29, 0.717) is 5.46 Å². The Morgan fingerprint density at radius 2 is 1.90 bits per heavy atom. The first-order valence-corrected chi connectivity index (χ1v) is 2.93. The topological polar surface area (TPSA) is 23.8 Å². The van der Waals surface area contributed by atoms with Crippen LogP contribution in [0.3, 0.4) is 0 Å². The summed E-state index contributed by atoms with van der Waals surface area (Å²) in [5.74, 6) is 1.51. The minimum absolute atomic E-state index is 0.421. The van der Waals surface area contributed by atoms with Gasteiger partial charge in [0.25, 0.3) is 0 Å². The Morgan fingerprint density at radius 3 is 2.40 bits per heavy atom. The van der Waals surface area contributed by atoms with Crippen molar-refractivity contribution in [3.8, 4) is 5.97 Å². The van der Waals surface area contributed by atoms with Gasteiger partial charge >= 0.3 is 6.99 Å². The Balaban J connectivity index is 2.88. The number of rotatable bonds is 1. The van der Waals surface area contributed by atoms with E-state index >= 15 is 0 Å². The van der Waals surface area contributed by atoms with Crippen LogP contribution in [0.5, 0.6) is 0 Å². The van der Waals surface area contributed by atoms with Crippen molar-refractivity contribution in [3.63, 3.8) is 0 Å². The molecule has 0 fully saturated rings. The van der Waals surface area contributed by atoms with Crippen LogP contribution in [0.25, 0.3) is 0 Å². The van der Waals surface area contributed by atoms with Gasteiger partial charge in [-0.3, -0.25) is 0 Å². The highest BCUT2D eigenvalue weighted by Crippen LogP contribution is 1.87. The molecule has 0 bridgehead atoms. The first kappa shape index (κ1) is 6.82. The van der Waals surface area contributed by atoms with Gasteiger partial charge in [-0.25, -0.2) is 5.26 Å². The molecule has 48 valence electrons. The van der Waals surface area contributed by atoms with Crippen LogP contribution in [0.2, 0.25) is 0 Å². The number of nitriles is 1. The molecule has 1 aromatic carbocycles. The molecular weight excluding hydrogens is 128 g/mol. The predicted octanol–water partition coefficient (Wildman–Crippen LogP) is 0.917. The highest BCUT2D eigenvalue weighted by atomic mass is 19.1. The van der Waals surface area contributed by atoms with Crippen LogP contribution >= 0.6 is 0 Å². The molecule has 1 nitrogen and oxygen atoms in total. The summed E-state index contributed by atoms with van der Waals surface area (Å²) in [6.07, 6.45) is 0. The highest BCUT2D eigenvalue weighted by molar-refractivity contribution is 6.73. The molecule has 0 spiro atoms. The van der Waals surface area contributed by atoms with E-state index in [9.17, 15) is 4.32 Å². The smallest absolute Gasteiger partial charge is 0.307 e. The van der Waals surface area contributed by atoms with E-state index in [1.807, 2.05) is 0 Å². The summed E-state index contributed by atoms with van der Waals surface area (Å²) in [5.41, 5.74) is 0.421. The van der Waals surface area contributed by atoms with Crippen molar-refractivity contribution in [1.29, 1.82) is 5.26 Å². The van der Waals surface area contributed by atoms with Gasteiger partial charge in [-0.15, -0.1) is 0 Å². The Morgan fingerprint density at radius 1 is 1.30 bits per heavy atom. The van der Waals surface area contributed by atoms with Gasteiger partial charge in [-0.2, -0.15) is 0 Å². The van der Waals surface area contributed by atoms with E-state index in [1.54, 1.807) is 30.3 Å². The lowest BCUT2D eigenvalue weighted by atomic mass is 9.67. The number of nitrogens with zero attached hydrogens (tertiary/aromatic N) is 1. The zero-order valence-electron chi connectivity index (χ0n) is 5.29. The first-order chi connectivity index (χ1) is 4.84. The number of hydrogen-bond donors (Lipinski definition) is 0. The number of halogens is 1. The molecular formula is C7H5BFN. The van der Waals surface area contributed by atoms with Crippen LogP contribution < -0.4 is 5.46 Å². The Labute approximate surface area is 59.2 Å². The SMILES string of the molecule is N#CB(F)c1ccccc1. The Bertz CT molecular complexity index is 242. The highest BCUT2D eigenvalue weighted by Gasteiger charge is 2.13. The summed E-state index contributed by atoms with van der Waals surface area (Å²) >= 11 is 0. The molecule has 3 heteroatoms. The maximum absolute atomic E-state index is 12.5. The fourth-order valence-electron chi connectivity index (χ4n) is 0.697. The molecule has 0 radical (unpaired) electrons. The molecule has 10 heavy (non-hydrogen) atoms. The van der Waals surface area contributed by atoms with Crippen molar-refractivity contribution in [1.82, 2.24) is 0 Å². The van der Waals surface area contributed by atoms with Crippen LogP contribution in [0.1, 0.15) is 0 Å². The third kappa shape index (κ3) is 1.35. The maximum atomic E-state index is 12.5. The van der Waals surface area contributed by atoms with Gasteiger partial charge in [-0.1, -0.05) is 30.3 Å². The van der Waals surface area contributed by atoms with E-state index in [0.717, 1.165) is 0 Å². The van der Waals surface area contributed by atoms with Gasteiger partial charge in [-0.05, 0) is 5.46 Å². The molecule has 0 unspecified atom stereocenters. The summed E-state index contributed by atoms with van der Waals surface area (Å²) in [4.78, 5) is 0. The van der Waals surface area contributed by atoms with Gasteiger partial charge in [0.1, 0.15) is 0 Å².